The van der Waals surface area contributed by atoms with Gasteiger partial charge in [0.05, 0.1) is 0 Å². The Kier molecular flexibility index (Phi) is 24.5. The molecular weight excluding hydrogens is 269 g/mol. The Bertz CT molecular complexity index is 31.8. The monoisotopic (exact) mass is 275 g/mol. The van der Waals surface area contributed by atoms with Crippen molar-refractivity contribution in [3.63, 3.8) is 0 Å². The van der Waals surface area contributed by atoms with Gasteiger partial charge in [0.1, 0.15) is 0 Å². The molecule has 6 heavy (non-hydrogen) atoms. The first-order chi connectivity index (χ1) is 1.73. The van der Waals surface area contributed by atoms with Gasteiger partial charge in [-0.25, -0.2) is 0 Å². The van der Waals surface area contributed by atoms with Crippen LogP contribution in [-0.4, -0.2) is 16.6 Å². The summed E-state index contributed by atoms with van der Waals surface area (Å²) in [7, 11) is 0. The molecule has 0 aliphatic carbocycles. The Balaban J connectivity index is -0.0000000450. The largest absolute Gasteiger partial charge is 0.481 e. The van der Waals surface area contributed by atoms with Crippen LogP contribution in [0.3, 0.4) is 0 Å². The van der Waals surface area contributed by atoms with Crippen LogP contribution in [0, 0.1) is 0 Å². The maximum atomic E-state index is 9.00. The first-order valence-electron chi connectivity index (χ1n) is 0.928. The number of carboxylic acid groups (broad SMARTS) is 1. The molecule has 0 unspecified atom stereocenters. The molecule has 0 amide bonds. The normalized spacial score (nSPS) is 4.17. The van der Waals surface area contributed by atoms with E-state index in [1.54, 1.807) is 0 Å². The Morgan fingerprint density at radius 3 is 1.67 bits per heavy atom. The first-order valence-corrected chi connectivity index (χ1v) is 0.928. The van der Waals surface area contributed by atoms with E-state index in [4.69, 9.17) is 9.90 Å². The number of carboxylic acids is 1. The third-order valence-electron chi connectivity index (χ3n) is 0. The van der Waals surface area contributed by atoms with Crippen LogP contribution in [0.1, 0.15) is 6.92 Å². The molecule has 0 atom stereocenters. The van der Waals surface area contributed by atoms with E-state index in [2.05, 4.69) is 0 Å². The zero-order valence-electron chi connectivity index (χ0n) is 3.16. The van der Waals surface area contributed by atoms with E-state index in [0.717, 1.165) is 6.92 Å². The Labute approximate surface area is 51.2 Å². The molecule has 3 nitrogen and oxygen atoms in total. The molecule has 0 aliphatic rings. The SMILES string of the molecule is CC(=O)O.O.[Au]. The van der Waals surface area contributed by atoms with Crippen LogP contribution in [0.5, 0.6) is 0 Å². The van der Waals surface area contributed by atoms with Gasteiger partial charge in [-0.15, -0.1) is 0 Å². The molecule has 0 saturated heterocycles. The Morgan fingerprint density at radius 1 is 1.67 bits per heavy atom. The molecule has 43 valence electrons. The van der Waals surface area contributed by atoms with E-state index >= 15 is 0 Å². The summed E-state index contributed by atoms with van der Waals surface area (Å²) < 4.78 is 0. The van der Waals surface area contributed by atoms with Crippen molar-refractivity contribution in [2.45, 2.75) is 6.92 Å². The number of hydrogen-bond acceptors (Lipinski definition) is 1. The minimum absolute atomic E-state index is 0. The summed E-state index contributed by atoms with van der Waals surface area (Å²) in [4.78, 5) is 9.00. The third kappa shape index (κ3) is 1450. The zero-order valence-corrected chi connectivity index (χ0v) is 5.32. The topological polar surface area (TPSA) is 68.8 Å². The summed E-state index contributed by atoms with van der Waals surface area (Å²) >= 11 is 0. The first kappa shape index (κ1) is 16.4. The van der Waals surface area contributed by atoms with Crippen molar-refractivity contribution < 1.29 is 37.8 Å². The van der Waals surface area contributed by atoms with Crippen molar-refractivity contribution in [2.24, 2.45) is 0 Å². The van der Waals surface area contributed by atoms with Crippen LogP contribution in [0.15, 0.2) is 0 Å². The van der Waals surface area contributed by atoms with Crippen LogP contribution in [0.25, 0.3) is 0 Å². The number of hydrogen-bond donors (Lipinski definition) is 1. The summed E-state index contributed by atoms with van der Waals surface area (Å²) in [5.74, 6) is -0.833. The molecule has 0 heterocycles. The van der Waals surface area contributed by atoms with Gasteiger partial charge in [0.2, 0.25) is 0 Å². The van der Waals surface area contributed by atoms with Crippen molar-refractivity contribution in [3.8, 4) is 0 Å². The predicted octanol–water partition coefficient (Wildman–Crippen LogP) is -0.736. The van der Waals surface area contributed by atoms with Crippen molar-refractivity contribution in [1.29, 1.82) is 0 Å². The fraction of sp³-hybridized carbons (Fsp3) is 0.500. The van der Waals surface area contributed by atoms with Crippen molar-refractivity contribution in [2.75, 3.05) is 0 Å². The molecule has 0 fully saturated rings. The Morgan fingerprint density at radius 2 is 1.67 bits per heavy atom. The Hall–Kier alpha value is 0.170. The fourth-order valence-electron chi connectivity index (χ4n) is 0. The second-order valence-electron chi connectivity index (χ2n) is 0.519. The predicted molar refractivity (Wildman–Crippen MR) is 16.9 cm³/mol. The molecule has 0 saturated carbocycles. The van der Waals surface area contributed by atoms with Crippen LogP contribution < -0.4 is 0 Å². The van der Waals surface area contributed by atoms with Crippen LogP contribution >= 0.6 is 0 Å². The quantitative estimate of drug-likeness (QED) is 0.592. The molecule has 0 rings (SSSR count). The van der Waals surface area contributed by atoms with Gasteiger partial charge >= 0.3 is 0 Å². The second-order valence-corrected chi connectivity index (χ2v) is 0.519. The minimum atomic E-state index is -0.833. The maximum absolute atomic E-state index is 9.00. The van der Waals surface area contributed by atoms with Crippen LogP contribution in [0.4, 0.5) is 0 Å². The van der Waals surface area contributed by atoms with Crippen molar-refractivity contribution in [1.82, 2.24) is 0 Å². The fourth-order valence-corrected chi connectivity index (χ4v) is 0. The van der Waals surface area contributed by atoms with Gasteiger partial charge in [0, 0.05) is 29.3 Å². The van der Waals surface area contributed by atoms with Crippen molar-refractivity contribution in [3.05, 3.63) is 0 Å². The van der Waals surface area contributed by atoms with Gasteiger partial charge in [-0.05, 0) is 0 Å². The summed E-state index contributed by atoms with van der Waals surface area (Å²) in [5.41, 5.74) is 0. The molecular formula is C2H6AuO3. The molecule has 0 aromatic carbocycles. The van der Waals surface area contributed by atoms with Crippen molar-refractivity contribution >= 4 is 5.97 Å². The molecule has 0 aromatic rings. The smallest absolute Gasteiger partial charge is 0.300 e. The zero-order chi connectivity index (χ0) is 3.58. The van der Waals surface area contributed by atoms with E-state index in [1.807, 2.05) is 0 Å². The number of rotatable bonds is 0. The molecule has 4 heteroatoms. The van der Waals surface area contributed by atoms with Crippen LogP contribution in [-0.2, 0) is 27.2 Å². The van der Waals surface area contributed by atoms with E-state index in [0.29, 0.717) is 0 Å². The molecule has 0 spiro atoms. The molecule has 1 radical (unpaired) electrons. The average molecular weight is 275 g/mol. The van der Waals surface area contributed by atoms with Gasteiger partial charge in [0.25, 0.3) is 5.97 Å². The maximum Gasteiger partial charge on any atom is 0.300 e. The van der Waals surface area contributed by atoms with Gasteiger partial charge in [-0.3, -0.25) is 4.79 Å². The third-order valence-corrected chi connectivity index (χ3v) is 0. The van der Waals surface area contributed by atoms with Gasteiger partial charge in [0.15, 0.2) is 0 Å². The molecule has 0 bridgehead atoms. The molecule has 3 N–H and O–H groups in total. The summed E-state index contributed by atoms with van der Waals surface area (Å²) in [6, 6.07) is 0. The number of carbonyl (C=O) groups is 1. The van der Waals surface area contributed by atoms with Crippen LogP contribution in [0.2, 0.25) is 0 Å². The van der Waals surface area contributed by atoms with E-state index < -0.39 is 5.97 Å². The summed E-state index contributed by atoms with van der Waals surface area (Å²) in [6.07, 6.45) is 0. The summed E-state index contributed by atoms with van der Waals surface area (Å²) in [5, 5.41) is 7.42. The van der Waals surface area contributed by atoms with E-state index in [-0.39, 0.29) is 27.9 Å². The summed E-state index contributed by atoms with van der Waals surface area (Å²) in [6.45, 7) is 1.08. The van der Waals surface area contributed by atoms with Gasteiger partial charge in [-0.2, -0.15) is 0 Å². The van der Waals surface area contributed by atoms with Gasteiger partial charge < -0.3 is 10.6 Å². The standard InChI is InChI=1S/C2H4O2.Au.H2O/c1-2(3)4;;/h1H3,(H,3,4);;1H2. The number of aliphatic carboxylic acids is 1. The molecule has 0 aliphatic heterocycles. The minimum Gasteiger partial charge on any atom is -0.481 e. The van der Waals surface area contributed by atoms with E-state index in [1.165, 1.54) is 0 Å². The molecule has 0 aromatic heterocycles. The van der Waals surface area contributed by atoms with E-state index in [9.17, 15) is 0 Å². The second kappa shape index (κ2) is 8.95. The average Bonchev–Trinajstić information content (AvgIpc) is 0.811. The van der Waals surface area contributed by atoms with Gasteiger partial charge in [-0.1, -0.05) is 0 Å².